The van der Waals surface area contributed by atoms with E-state index in [-0.39, 0.29) is 11.9 Å². The molecule has 3 aliphatic rings. The van der Waals surface area contributed by atoms with Crippen LogP contribution in [0.25, 0.3) is 0 Å². The molecule has 3 N–H and O–H groups in total. The van der Waals surface area contributed by atoms with Crippen molar-refractivity contribution < 1.29 is 14.5 Å². The second-order valence-corrected chi connectivity index (χ2v) is 6.66. The molecule has 0 aromatic heterocycles. The predicted octanol–water partition coefficient (Wildman–Crippen LogP) is -0.00234. The van der Waals surface area contributed by atoms with E-state index in [1.807, 2.05) is 19.1 Å². The Morgan fingerprint density at radius 2 is 2.00 bits per heavy atom. The number of nitriles is 2. The molecular weight excluding hydrogens is 316 g/mol. The summed E-state index contributed by atoms with van der Waals surface area (Å²) in [6.45, 7) is 2.18. The van der Waals surface area contributed by atoms with Gasteiger partial charge in [0.1, 0.15) is 0 Å². The molecule has 2 aliphatic heterocycles. The molecule has 1 saturated carbocycles. The van der Waals surface area contributed by atoms with E-state index in [1.165, 1.54) is 0 Å². The predicted molar refractivity (Wildman–Crippen MR) is 79.7 cm³/mol. The summed E-state index contributed by atoms with van der Waals surface area (Å²) in [5.74, 6) is -1.60. The van der Waals surface area contributed by atoms with E-state index in [9.17, 15) is 10.5 Å². The van der Waals surface area contributed by atoms with Gasteiger partial charge in [0.15, 0.2) is 10.8 Å². The first-order valence-electron chi connectivity index (χ1n) is 7.28. The molecule has 1 spiro atoms. The highest BCUT2D eigenvalue weighted by molar-refractivity contribution is 6.30. The number of hydrogen-bond donors (Lipinski definition) is 2. The van der Waals surface area contributed by atoms with Gasteiger partial charge in [-0.1, -0.05) is 23.7 Å². The summed E-state index contributed by atoms with van der Waals surface area (Å²) in [5, 5.41) is 20.4. The maximum absolute atomic E-state index is 9.98. The molecule has 0 bridgehead atoms. The lowest BCUT2D eigenvalue weighted by Crippen LogP contribution is -2.90. The van der Waals surface area contributed by atoms with Gasteiger partial charge in [-0.3, -0.25) is 5.73 Å². The van der Waals surface area contributed by atoms with Crippen LogP contribution in [0.5, 0.6) is 0 Å². The standard InChI is InChI=1S/C16H13ClN4O2/c1-9-6-22-16(23-9)15(8-19)12(10-2-4-11(17)5-3-10)14(15,7-18)13(20)21-16/h2-5,9,12H,6H2,1H3,(H2,20,21)/p+1/t9-,12+,14+,15+,16+/m0/s1. The number of nitrogens with one attached hydrogen (secondary N) is 1. The minimum atomic E-state index is -1.38. The fraction of sp³-hybridized carbons (Fsp3) is 0.438. The Morgan fingerprint density at radius 1 is 1.30 bits per heavy atom. The average Bonchev–Trinajstić information content (AvgIpc) is 2.92. The zero-order valence-electron chi connectivity index (χ0n) is 12.3. The molecular formula is C16H14ClN4O2+. The van der Waals surface area contributed by atoms with Crippen LogP contribution in [0, 0.1) is 33.5 Å². The highest BCUT2D eigenvalue weighted by Crippen LogP contribution is 2.79. The summed E-state index contributed by atoms with van der Waals surface area (Å²) in [5.41, 5.74) is 4.54. The van der Waals surface area contributed by atoms with E-state index in [0.29, 0.717) is 11.6 Å². The zero-order valence-corrected chi connectivity index (χ0v) is 13.1. The third-order valence-electron chi connectivity index (χ3n) is 5.09. The first-order chi connectivity index (χ1) is 11.0. The minimum absolute atomic E-state index is 0.193. The lowest BCUT2D eigenvalue weighted by Gasteiger charge is -2.23. The Morgan fingerprint density at radius 3 is 2.52 bits per heavy atom. The summed E-state index contributed by atoms with van der Waals surface area (Å²) in [7, 11) is 0. The molecule has 0 amide bonds. The molecule has 116 valence electrons. The third kappa shape index (κ3) is 1.38. The van der Waals surface area contributed by atoms with Crippen molar-refractivity contribution in [2.24, 2.45) is 16.6 Å². The second kappa shape index (κ2) is 4.24. The number of rotatable bonds is 1. The van der Waals surface area contributed by atoms with Crippen molar-refractivity contribution in [2.45, 2.75) is 24.9 Å². The van der Waals surface area contributed by atoms with Crippen molar-refractivity contribution in [3.8, 4) is 12.1 Å². The first kappa shape index (κ1) is 14.5. The molecule has 2 fully saturated rings. The molecule has 1 aliphatic carbocycles. The molecule has 4 rings (SSSR count). The van der Waals surface area contributed by atoms with Crippen LogP contribution in [0.1, 0.15) is 18.4 Å². The minimum Gasteiger partial charge on any atom is -0.311 e. The molecule has 1 aromatic rings. The second-order valence-electron chi connectivity index (χ2n) is 6.22. The van der Waals surface area contributed by atoms with E-state index in [4.69, 9.17) is 26.8 Å². The summed E-state index contributed by atoms with van der Waals surface area (Å²) in [6, 6.07) is 11.6. The molecule has 23 heavy (non-hydrogen) atoms. The normalized spacial score (nSPS) is 43.6. The largest absolute Gasteiger partial charge is 0.343 e. The van der Waals surface area contributed by atoms with Crippen molar-refractivity contribution in [2.75, 3.05) is 6.61 Å². The van der Waals surface area contributed by atoms with E-state index in [2.05, 4.69) is 17.1 Å². The fourth-order valence-electron chi connectivity index (χ4n) is 4.12. The summed E-state index contributed by atoms with van der Waals surface area (Å²) in [4.78, 5) is 2.93. The topological polar surface area (TPSA) is 106 Å². The van der Waals surface area contributed by atoms with E-state index in [0.717, 1.165) is 5.56 Å². The van der Waals surface area contributed by atoms with Gasteiger partial charge in [0.25, 0.3) is 5.84 Å². The molecule has 0 radical (unpaired) electrons. The van der Waals surface area contributed by atoms with Gasteiger partial charge in [0, 0.05) is 10.9 Å². The number of nitrogens with zero attached hydrogens (tertiary/aromatic N) is 2. The number of benzene rings is 1. The summed E-state index contributed by atoms with van der Waals surface area (Å²) < 4.78 is 11.7. The Labute approximate surface area is 138 Å². The lowest BCUT2D eigenvalue weighted by molar-refractivity contribution is -0.677. The van der Waals surface area contributed by atoms with Crippen LogP contribution in [-0.4, -0.2) is 24.5 Å². The molecule has 2 heterocycles. The molecule has 7 heteroatoms. The number of hydrogen-bond acceptors (Lipinski definition) is 5. The van der Waals surface area contributed by atoms with Crippen molar-refractivity contribution in [1.82, 2.24) is 0 Å². The monoisotopic (exact) mass is 329 g/mol. The fourth-order valence-corrected chi connectivity index (χ4v) is 4.25. The Balaban J connectivity index is 1.91. The molecule has 5 atom stereocenters. The number of amidine groups is 1. The van der Waals surface area contributed by atoms with Crippen LogP contribution in [0.3, 0.4) is 0 Å². The smallest absolute Gasteiger partial charge is 0.311 e. The van der Waals surface area contributed by atoms with Crippen LogP contribution < -0.4 is 10.7 Å². The van der Waals surface area contributed by atoms with Gasteiger partial charge < -0.3 is 9.47 Å². The number of ether oxygens (including phenoxy) is 2. The van der Waals surface area contributed by atoms with Crippen molar-refractivity contribution in [3.05, 3.63) is 34.9 Å². The maximum atomic E-state index is 9.98. The highest BCUT2D eigenvalue weighted by Gasteiger charge is 2.97. The van der Waals surface area contributed by atoms with E-state index < -0.39 is 22.7 Å². The summed E-state index contributed by atoms with van der Waals surface area (Å²) >= 11 is 5.94. The highest BCUT2D eigenvalue weighted by atomic mass is 35.5. The van der Waals surface area contributed by atoms with Gasteiger partial charge in [0.2, 0.25) is 0 Å². The number of fused-ring (bicyclic) bond motifs is 2. The van der Waals surface area contributed by atoms with Gasteiger partial charge in [-0.25, -0.2) is 4.99 Å². The van der Waals surface area contributed by atoms with E-state index >= 15 is 0 Å². The molecule has 0 unspecified atom stereocenters. The van der Waals surface area contributed by atoms with Gasteiger partial charge in [0.05, 0.1) is 24.8 Å². The molecule has 1 aromatic carbocycles. The van der Waals surface area contributed by atoms with Crippen molar-refractivity contribution in [1.29, 1.82) is 10.5 Å². The van der Waals surface area contributed by atoms with Gasteiger partial charge in [-0.05, 0) is 24.6 Å². The number of nitrogens with two attached hydrogens (primary N) is 1. The SMILES string of the molecule is C[C@H]1CO[C@@]2([NH+]=C(N)[C@@]3(C#N)[C@@H](c4ccc(Cl)cc4)[C@@]23C#N)O1. The van der Waals surface area contributed by atoms with Crippen LogP contribution >= 0.6 is 11.6 Å². The third-order valence-corrected chi connectivity index (χ3v) is 5.34. The average molecular weight is 330 g/mol. The van der Waals surface area contributed by atoms with Crippen LogP contribution in [-0.2, 0) is 9.47 Å². The van der Waals surface area contributed by atoms with Crippen LogP contribution in [0.2, 0.25) is 5.02 Å². The van der Waals surface area contributed by atoms with Crippen LogP contribution in [0.15, 0.2) is 24.3 Å². The van der Waals surface area contributed by atoms with Crippen molar-refractivity contribution >= 4 is 17.4 Å². The Bertz CT molecular complexity index is 811. The van der Waals surface area contributed by atoms with Crippen LogP contribution in [0.4, 0.5) is 0 Å². The van der Waals surface area contributed by atoms with Crippen molar-refractivity contribution in [3.63, 3.8) is 0 Å². The maximum Gasteiger partial charge on any atom is 0.343 e. The van der Waals surface area contributed by atoms with E-state index in [1.54, 1.807) is 12.1 Å². The summed E-state index contributed by atoms with van der Waals surface area (Å²) in [6.07, 6.45) is -0.193. The molecule has 1 saturated heterocycles. The first-order valence-corrected chi connectivity index (χ1v) is 7.66. The molecule has 6 nitrogen and oxygen atoms in total. The number of halogens is 1. The quantitative estimate of drug-likeness (QED) is 0.754. The Hall–Kier alpha value is -2.12. The Kier molecular flexibility index (Phi) is 2.67. The van der Waals surface area contributed by atoms with Gasteiger partial charge in [-0.2, -0.15) is 10.5 Å². The zero-order chi connectivity index (χ0) is 16.5. The lowest BCUT2D eigenvalue weighted by atomic mass is 9.94. The van der Waals surface area contributed by atoms with Gasteiger partial charge in [-0.15, -0.1) is 0 Å². The van der Waals surface area contributed by atoms with Gasteiger partial charge >= 0.3 is 5.91 Å².